The van der Waals surface area contributed by atoms with Crippen LogP contribution in [0.15, 0.2) is 18.2 Å². The Bertz CT molecular complexity index is 764. The summed E-state index contributed by atoms with van der Waals surface area (Å²) in [5.41, 5.74) is -0.236. The van der Waals surface area contributed by atoms with Crippen LogP contribution >= 0.6 is 0 Å². The molecule has 1 aromatic rings. The Hall–Kier alpha value is -2.42. The number of nitrogens with zero attached hydrogens (tertiary/aromatic N) is 2. The van der Waals surface area contributed by atoms with Crippen molar-refractivity contribution >= 4 is 6.09 Å². The molecule has 3 rings (SSSR count). The zero-order valence-electron chi connectivity index (χ0n) is 18.0. The molecule has 1 aromatic carbocycles. The number of carbonyl (C=O) groups is 1. The maximum Gasteiger partial charge on any atom is 0.410 e. The minimum atomic E-state index is -0.640. The Labute approximate surface area is 173 Å². The molecule has 0 N–H and O–H groups in total. The molecule has 1 aliphatic carbocycles. The number of piperidine rings is 1. The molecule has 2 fully saturated rings. The van der Waals surface area contributed by atoms with Gasteiger partial charge in [-0.05, 0) is 77.0 Å². The standard InChI is InChI=1S/C23H32N2O4/c1-22(2,3)29-21(26)25-13-11-23(16-24,12-14-25)17-9-10-19(27-4)20(15-17)28-18-7-5-6-8-18/h9-10,15,18H,5-8,11-14H2,1-4H3. The lowest BCUT2D eigenvalue weighted by Crippen LogP contribution is -2.46. The molecule has 1 saturated carbocycles. The topological polar surface area (TPSA) is 71.8 Å². The zero-order chi connectivity index (χ0) is 21.1. The Morgan fingerprint density at radius 3 is 2.38 bits per heavy atom. The van der Waals surface area contributed by atoms with Crippen LogP contribution in [0.1, 0.15) is 64.9 Å². The largest absolute Gasteiger partial charge is 0.493 e. The number of carbonyl (C=O) groups excluding carboxylic acids is 1. The Kier molecular flexibility index (Phi) is 6.26. The van der Waals surface area contributed by atoms with Crippen molar-refractivity contribution < 1.29 is 19.0 Å². The molecule has 1 aliphatic heterocycles. The summed E-state index contributed by atoms with van der Waals surface area (Å²) in [5, 5.41) is 10.1. The maximum atomic E-state index is 12.4. The van der Waals surface area contributed by atoms with Gasteiger partial charge in [-0.2, -0.15) is 5.26 Å². The van der Waals surface area contributed by atoms with Gasteiger partial charge < -0.3 is 19.1 Å². The lowest BCUT2D eigenvalue weighted by atomic mass is 9.74. The highest BCUT2D eigenvalue weighted by molar-refractivity contribution is 5.68. The number of benzene rings is 1. The Balaban J connectivity index is 1.76. The van der Waals surface area contributed by atoms with Gasteiger partial charge in [-0.3, -0.25) is 0 Å². The fraction of sp³-hybridized carbons (Fsp3) is 0.652. The predicted octanol–water partition coefficient (Wildman–Crippen LogP) is 4.81. The van der Waals surface area contributed by atoms with E-state index in [0.717, 1.165) is 18.4 Å². The van der Waals surface area contributed by atoms with E-state index in [9.17, 15) is 10.1 Å². The molecule has 0 unspecified atom stereocenters. The Morgan fingerprint density at radius 1 is 1.17 bits per heavy atom. The van der Waals surface area contributed by atoms with Crippen molar-refractivity contribution in [2.45, 2.75) is 76.4 Å². The van der Waals surface area contributed by atoms with Crippen molar-refractivity contribution in [2.75, 3.05) is 20.2 Å². The van der Waals surface area contributed by atoms with Gasteiger partial charge in [-0.15, -0.1) is 0 Å². The van der Waals surface area contributed by atoms with Crippen LogP contribution < -0.4 is 9.47 Å². The molecular weight excluding hydrogens is 368 g/mol. The van der Waals surface area contributed by atoms with E-state index in [1.807, 2.05) is 39.0 Å². The molecule has 158 valence electrons. The van der Waals surface area contributed by atoms with Gasteiger partial charge in [-0.1, -0.05) is 6.07 Å². The first kappa shape index (κ1) is 21.3. The maximum absolute atomic E-state index is 12.4. The van der Waals surface area contributed by atoms with Crippen molar-refractivity contribution in [1.82, 2.24) is 4.90 Å². The van der Waals surface area contributed by atoms with E-state index in [-0.39, 0.29) is 12.2 Å². The third-order valence-electron chi connectivity index (χ3n) is 5.79. The second-order valence-corrected chi connectivity index (χ2v) is 9.05. The number of amides is 1. The third kappa shape index (κ3) is 4.95. The molecule has 2 aliphatic rings. The van der Waals surface area contributed by atoms with Crippen LogP contribution in [0.5, 0.6) is 11.5 Å². The summed E-state index contributed by atoms with van der Waals surface area (Å²) in [5.74, 6) is 1.40. The SMILES string of the molecule is COc1ccc(C2(C#N)CCN(C(=O)OC(C)(C)C)CC2)cc1OC1CCCC1. The highest BCUT2D eigenvalue weighted by Crippen LogP contribution is 2.40. The summed E-state index contributed by atoms with van der Waals surface area (Å²) in [4.78, 5) is 14.1. The summed E-state index contributed by atoms with van der Waals surface area (Å²) < 4.78 is 17.2. The smallest absolute Gasteiger partial charge is 0.410 e. The van der Waals surface area contributed by atoms with Crippen molar-refractivity contribution in [3.8, 4) is 17.6 Å². The number of methoxy groups -OCH3 is 1. The van der Waals surface area contributed by atoms with Crippen LogP contribution in [0, 0.1) is 11.3 Å². The van der Waals surface area contributed by atoms with E-state index < -0.39 is 11.0 Å². The van der Waals surface area contributed by atoms with Gasteiger partial charge in [0.05, 0.1) is 24.7 Å². The van der Waals surface area contributed by atoms with Gasteiger partial charge in [0.2, 0.25) is 0 Å². The lowest BCUT2D eigenvalue weighted by molar-refractivity contribution is 0.0185. The second-order valence-electron chi connectivity index (χ2n) is 9.05. The average molecular weight is 401 g/mol. The van der Waals surface area contributed by atoms with Gasteiger partial charge >= 0.3 is 6.09 Å². The monoisotopic (exact) mass is 400 g/mol. The van der Waals surface area contributed by atoms with E-state index in [2.05, 4.69) is 6.07 Å². The summed E-state index contributed by atoms with van der Waals surface area (Å²) in [6.45, 7) is 6.56. The predicted molar refractivity (Wildman–Crippen MR) is 110 cm³/mol. The van der Waals surface area contributed by atoms with E-state index in [4.69, 9.17) is 14.2 Å². The first-order chi connectivity index (χ1) is 13.8. The quantitative estimate of drug-likeness (QED) is 0.725. The van der Waals surface area contributed by atoms with E-state index >= 15 is 0 Å². The first-order valence-corrected chi connectivity index (χ1v) is 10.5. The molecule has 6 nitrogen and oxygen atoms in total. The fourth-order valence-electron chi connectivity index (χ4n) is 4.11. The number of rotatable bonds is 4. The van der Waals surface area contributed by atoms with Gasteiger partial charge in [-0.25, -0.2) is 4.79 Å². The van der Waals surface area contributed by atoms with E-state index in [0.29, 0.717) is 37.4 Å². The van der Waals surface area contributed by atoms with Crippen LogP contribution in [-0.4, -0.2) is 42.9 Å². The first-order valence-electron chi connectivity index (χ1n) is 10.5. The van der Waals surface area contributed by atoms with Crippen LogP contribution in [0.25, 0.3) is 0 Å². The molecule has 0 bridgehead atoms. The van der Waals surface area contributed by atoms with Crippen molar-refractivity contribution in [3.05, 3.63) is 23.8 Å². The zero-order valence-corrected chi connectivity index (χ0v) is 18.0. The van der Waals surface area contributed by atoms with Gasteiger partial charge in [0.25, 0.3) is 0 Å². The van der Waals surface area contributed by atoms with Crippen LogP contribution in [0.4, 0.5) is 4.79 Å². The molecule has 0 radical (unpaired) electrons. The van der Waals surface area contributed by atoms with Gasteiger partial charge in [0.15, 0.2) is 11.5 Å². The number of ether oxygens (including phenoxy) is 3. The summed E-state index contributed by atoms with van der Waals surface area (Å²) in [7, 11) is 1.63. The summed E-state index contributed by atoms with van der Waals surface area (Å²) in [6, 6.07) is 8.33. The molecule has 1 amide bonds. The number of likely N-dealkylation sites (tertiary alicyclic amines) is 1. The van der Waals surface area contributed by atoms with Crippen molar-refractivity contribution in [2.24, 2.45) is 0 Å². The van der Waals surface area contributed by atoms with Crippen LogP contribution in [0.3, 0.4) is 0 Å². The highest BCUT2D eigenvalue weighted by atomic mass is 16.6. The Morgan fingerprint density at radius 2 is 1.83 bits per heavy atom. The van der Waals surface area contributed by atoms with Crippen molar-refractivity contribution in [3.63, 3.8) is 0 Å². The molecule has 6 heteroatoms. The fourth-order valence-corrected chi connectivity index (χ4v) is 4.11. The number of hydrogen-bond donors (Lipinski definition) is 0. The number of hydrogen-bond acceptors (Lipinski definition) is 5. The summed E-state index contributed by atoms with van der Waals surface area (Å²) in [6.07, 6.45) is 5.53. The minimum absolute atomic E-state index is 0.214. The second kappa shape index (κ2) is 8.52. The average Bonchev–Trinajstić information content (AvgIpc) is 3.19. The molecule has 1 heterocycles. The third-order valence-corrected chi connectivity index (χ3v) is 5.79. The van der Waals surface area contributed by atoms with Crippen molar-refractivity contribution in [1.29, 1.82) is 5.26 Å². The van der Waals surface area contributed by atoms with E-state index in [1.165, 1.54) is 12.8 Å². The molecule has 1 saturated heterocycles. The molecule has 29 heavy (non-hydrogen) atoms. The molecular formula is C23H32N2O4. The number of nitriles is 1. The summed E-state index contributed by atoms with van der Waals surface area (Å²) >= 11 is 0. The molecule has 0 atom stereocenters. The van der Waals surface area contributed by atoms with Crippen LogP contribution in [-0.2, 0) is 10.2 Å². The van der Waals surface area contributed by atoms with Crippen LogP contribution in [0.2, 0.25) is 0 Å². The lowest BCUT2D eigenvalue weighted by Gasteiger charge is -2.38. The van der Waals surface area contributed by atoms with E-state index in [1.54, 1.807) is 12.0 Å². The van der Waals surface area contributed by atoms with Gasteiger partial charge in [0, 0.05) is 13.1 Å². The van der Waals surface area contributed by atoms with Gasteiger partial charge in [0.1, 0.15) is 5.60 Å². The molecule has 0 aromatic heterocycles. The normalized spacial score (nSPS) is 19.5. The minimum Gasteiger partial charge on any atom is -0.493 e. The highest BCUT2D eigenvalue weighted by Gasteiger charge is 2.39. The molecule has 0 spiro atoms.